The lowest BCUT2D eigenvalue weighted by Gasteiger charge is -2.34. The van der Waals surface area contributed by atoms with Gasteiger partial charge in [-0.3, -0.25) is 13.9 Å². The van der Waals surface area contributed by atoms with Crippen molar-refractivity contribution in [2.45, 2.75) is 51.6 Å². The van der Waals surface area contributed by atoms with Crippen LogP contribution in [0.15, 0.2) is 108 Å². The minimum atomic E-state index is -4.20. The van der Waals surface area contributed by atoms with Gasteiger partial charge in [0.25, 0.3) is 10.0 Å². The first-order valence-corrected chi connectivity index (χ1v) is 16.8. The standard InChI is InChI=1S/C37H43N3O5S/c1-27(2)24-38-37(42)35(22-30-10-7-6-8-11-30)39(25-31-18-14-28(3)15-19-31)36(41)26-40(32-12-9-13-33(23-32)45-5)46(43,44)34-20-16-29(4)17-21-34/h6-21,23,27,35H,22,24-26H2,1-5H3,(H,38,42)/t35-/m0/s1. The number of sulfonamides is 1. The lowest BCUT2D eigenvalue weighted by Crippen LogP contribution is -2.53. The molecule has 0 saturated carbocycles. The van der Waals surface area contributed by atoms with E-state index in [9.17, 15) is 18.0 Å². The van der Waals surface area contributed by atoms with Crippen LogP contribution in [0.4, 0.5) is 5.69 Å². The summed E-state index contributed by atoms with van der Waals surface area (Å²) in [6.07, 6.45) is 0.256. The summed E-state index contributed by atoms with van der Waals surface area (Å²) in [5.74, 6) is -0.168. The highest BCUT2D eigenvalue weighted by atomic mass is 32.2. The van der Waals surface area contributed by atoms with Crippen molar-refractivity contribution in [1.82, 2.24) is 10.2 Å². The summed E-state index contributed by atoms with van der Waals surface area (Å²) in [5, 5.41) is 3.01. The number of ether oxygens (including phenoxy) is 1. The molecule has 9 heteroatoms. The van der Waals surface area contributed by atoms with Gasteiger partial charge in [0, 0.05) is 25.6 Å². The van der Waals surface area contributed by atoms with E-state index in [4.69, 9.17) is 4.74 Å². The maximum atomic E-state index is 14.6. The Morgan fingerprint density at radius 2 is 1.43 bits per heavy atom. The Labute approximate surface area is 273 Å². The second-order valence-electron chi connectivity index (χ2n) is 11.9. The summed E-state index contributed by atoms with van der Waals surface area (Å²) < 4.78 is 34.9. The number of nitrogens with zero attached hydrogens (tertiary/aromatic N) is 2. The van der Waals surface area contributed by atoms with Crippen LogP contribution in [0.1, 0.15) is 36.1 Å². The van der Waals surface area contributed by atoms with Crippen molar-refractivity contribution in [2.75, 3.05) is 24.5 Å². The maximum absolute atomic E-state index is 14.6. The van der Waals surface area contributed by atoms with Gasteiger partial charge in [-0.2, -0.15) is 0 Å². The Bertz CT molecular complexity index is 1710. The zero-order valence-electron chi connectivity index (χ0n) is 27.1. The molecule has 46 heavy (non-hydrogen) atoms. The summed E-state index contributed by atoms with van der Waals surface area (Å²) in [5.41, 5.74) is 3.94. The van der Waals surface area contributed by atoms with E-state index in [1.807, 2.05) is 82.3 Å². The number of aryl methyl sites for hydroxylation is 2. The maximum Gasteiger partial charge on any atom is 0.264 e. The van der Waals surface area contributed by atoms with Crippen molar-refractivity contribution in [3.05, 3.63) is 125 Å². The summed E-state index contributed by atoms with van der Waals surface area (Å²) in [4.78, 5) is 30.0. The minimum Gasteiger partial charge on any atom is -0.497 e. The molecule has 0 radical (unpaired) electrons. The molecule has 0 fully saturated rings. The van der Waals surface area contributed by atoms with Crippen LogP contribution in [-0.4, -0.2) is 51.4 Å². The fourth-order valence-electron chi connectivity index (χ4n) is 5.00. The van der Waals surface area contributed by atoms with Crippen LogP contribution < -0.4 is 14.4 Å². The summed E-state index contributed by atoms with van der Waals surface area (Å²) in [7, 11) is -2.70. The van der Waals surface area contributed by atoms with Crippen LogP contribution >= 0.6 is 0 Å². The van der Waals surface area contributed by atoms with Gasteiger partial charge < -0.3 is 15.0 Å². The van der Waals surface area contributed by atoms with Crippen LogP contribution in [0.5, 0.6) is 5.75 Å². The molecule has 0 heterocycles. The van der Waals surface area contributed by atoms with Gasteiger partial charge in [0.05, 0.1) is 17.7 Å². The Balaban J connectivity index is 1.81. The molecule has 0 bridgehead atoms. The second kappa shape index (κ2) is 15.6. The summed E-state index contributed by atoms with van der Waals surface area (Å²) in [6.45, 7) is 7.88. The average Bonchev–Trinajstić information content (AvgIpc) is 3.05. The van der Waals surface area contributed by atoms with E-state index < -0.39 is 28.5 Å². The third kappa shape index (κ3) is 8.97. The van der Waals surface area contributed by atoms with E-state index in [1.165, 1.54) is 24.1 Å². The molecule has 0 saturated heterocycles. The Morgan fingerprint density at radius 3 is 2.04 bits per heavy atom. The zero-order valence-corrected chi connectivity index (χ0v) is 28.0. The van der Waals surface area contributed by atoms with Gasteiger partial charge in [-0.25, -0.2) is 8.42 Å². The van der Waals surface area contributed by atoms with E-state index in [-0.39, 0.29) is 35.4 Å². The Hall–Kier alpha value is -4.63. The number of methoxy groups -OCH3 is 1. The third-order valence-corrected chi connectivity index (χ3v) is 9.45. The second-order valence-corrected chi connectivity index (χ2v) is 13.7. The molecule has 0 aliphatic rings. The predicted octanol–water partition coefficient (Wildman–Crippen LogP) is 5.92. The molecule has 0 unspecified atom stereocenters. The van der Waals surface area contributed by atoms with Crippen LogP contribution in [0.2, 0.25) is 0 Å². The first-order chi connectivity index (χ1) is 22.0. The molecule has 0 aliphatic carbocycles. The number of anilines is 1. The first-order valence-electron chi connectivity index (χ1n) is 15.4. The minimum absolute atomic E-state index is 0.0503. The fraction of sp³-hybridized carbons (Fsp3) is 0.297. The largest absolute Gasteiger partial charge is 0.497 e. The van der Waals surface area contributed by atoms with Gasteiger partial charge in [0.1, 0.15) is 18.3 Å². The zero-order chi connectivity index (χ0) is 33.3. The van der Waals surface area contributed by atoms with Gasteiger partial charge in [-0.1, -0.05) is 97.8 Å². The smallest absolute Gasteiger partial charge is 0.264 e. The van der Waals surface area contributed by atoms with E-state index in [0.29, 0.717) is 12.3 Å². The van der Waals surface area contributed by atoms with Crippen molar-refractivity contribution >= 4 is 27.5 Å². The molecule has 8 nitrogen and oxygen atoms in total. The lowest BCUT2D eigenvalue weighted by molar-refractivity contribution is -0.140. The van der Waals surface area contributed by atoms with Crippen molar-refractivity contribution in [3.8, 4) is 5.75 Å². The van der Waals surface area contributed by atoms with Crippen LogP contribution in [-0.2, 0) is 32.6 Å². The van der Waals surface area contributed by atoms with Gasteiger partial charge in [0.15, 0.2) is 0 Å². The molecule has 4 aromatic rings. The van der Waals surface area contributed by atoms with Gasteiger partial charge in [-0.15, -0.1) is 0 Å². The Kier molecular flexibility index (Phi) is 11.6. The van der Waals surface area contributed by atoms with Crippen LogP contribution in [0.3, 0.4) is 0 Å². The quantitative estimate of drug-likeness (QED) is 0.185. The molecular formula is C37H43N3O5S. The number of benzene rings is 4. The average molecular weight is 642 g/mol. The van der Waals surface area contributed by atoms with Gasteiger partial charge >= 0.3 is 0 Å². The molecule has 1 atom stereocenters. The van der Waals surface area contributed by atoms with E-state index in [0.717, 1.165) is 26.6 Å². The molecule has 0 spiro atoms. The fourth-order valence-corrected chi connectivity index (χ4v) is 6.40. The highest BCUT2D eigenvalue weighted by Gasteiger charge is 2.34. The monoisotopic (exact) mass is 641 g/mol. The van der Waals surface area contributed by atoms with Crippen LogP contribution in [0, 0.1) is 19.8 Å². The number of carbonyl (C=O) groups excluding carboxylic acids is 2. The number of carbonyl (C=O) groups is 2. The normalized spacial score (nSPS) is 12.0. The summed E-state index contributed by atoms with van der Waals surface area (Å²) in [6, 6.07) is 29.5. The van der Waals surface area contributed by atoms with E-state index in [1.54, 1.807) is 36.4 Å². The van der Waals surface area contributed by atoms with Crippen molar-refractivity contribution < 1.29 is 22.7 Å². The lowest BCUT2D eigenvalue weighted by atomic mass is 10.0. The SMILES string of the molecule is COc1cccc(N(CC(=O)N(Cc2ccc(C)cc2)[C@@H](Cc2ccccc2)C(=O)NCC(C)C)S(=O)(=O)c2ccc(C)cc2)c1. The highest BCUT2D eigenvalue weighted by Crippen LogP contribution is 2.28. The number of rotatable bonds is 14. The molecule has 1 N–H and O–H groups in total. The molecule has 4 aromatic carbocycles. The molecule has 4 rings (SSSR count). The number of hydrogen-bond acceptors (Lipinski definition) is 5. The molecular weight excluding hydrogens is 598 g/mol. The van der Waals surface area contributed by atoms with Crippen molar-refractivity contribution in [3.63, 3.8) is 0 Å². The first kappa shape index (κ1) is 34.2. The molecule has 0 aliphatic heterocycles. The number of nitrogens with one attached hydrogen (secondary N) is 1. The Morgan fingerprint density at radius 1 is 0.804 bits per heavy atom. The van der Waals surface area contributed by atoms with Crippen molar-refractivity contribution in [2.24, 2.45) is 5.92 Å². The van der Waals surface area contributed by atoms with Gasteiger partial charge in [0.2, 0.25) is 11.8 Å². The molecule has 242 valence electrons. The third-order valence-electron chi connectivity index (χ3n) is 7.66. The molecule has 0 aromatic heterocycles. The van der Waals surface area contributed by atoms with Crippen molar-refractivity contribution in [1.29, 1.82) is 0 Å². The van der Waals surface area contributed by atoms with E-state index in [2.05, 4.69) is 5.32 Å². The van der Waals surface area contributed by atoms with E-state index >= 15 is 0 Å². The predicted molar refractivity (Wildman–Crippen MR) is 182 cm³/mol. The number of hydrogen-bond donors (Lipinski definition) is 1. The number of amides is 2. The summed E-state index contributed by atoms with van der Waals surface area (Å²) >= 11 is 0. The molecule has 2 amide bonds. The highest BCUT2D eigenvalue weighted by molar-refractivity contribution is 7.92. The topological polar surface area (TPSA) is 96.0 Å². The van der Waals surface area contributed by atoms with Gasteiger partial charge in [-0.05, 0) is 55.2 Å². The van der Waals surface area contributed by atoms with Crippen LogP contribution in [0.25, 0.3) is 0 Å².